The molecule has 1 atom stereocenters. The summed E-state index contributed by atoms with van der Waals surface area (Å²) in [5.41, 5.74) is 3.38. The number of hydrogen-bond donors (Lipinski definition) is 2. The van der Waals surface area contributed by atoms with E-state index in [0.29, 0.717) is 22.3 Å². The third kappa shape index (κ3) is 6.70. The number of anilines is 2. The van der Waals surface area contributed by atoms with Crippen LogP contribution in [0.1, 0.15) is 12.5 Å². The highest BCUT2D eigenvalue weighted by Crippen LogP contribution is 2.29. The number of carbonyl (C=O) groups is 2. The lowest BCUT2D eigenvalue weighted by Crippen LogP contribution is -2.22. The van der Waals surface area contributed by atoms with Gasteiger partial charge in [-0.3, -0.25) is 9.59 Å². The van der Waals surface area contributed by atoms with Crippen LogP contribution in [0, 0.1) is 0 Å². The number of thiazole rings is 1. The van der Waals surface area contributed by atoms with Crippen molar-refractivity contribution in [1.29, 1.82) is 0 Å². The Bertz CT molecular complexity index is 1280. The van der Waals surface area contributed by atoms with Gasteiger partial charge >= 0.3 is 0 Å². The minimum atomic E-state index is -0.349. The summed E-state index contributed by atoms with van der Waals surface area (Å²) in [6.07, 6.45) is 0.308. The summed E-state index contributed by atoms with van der Waals surface area (Å²) in [5, 5.41) is 8.58. The second-order valence-corrected chi connectivity index (χ2v) is 10.2. The summed E-state index contributed by atoms with van der Waals surface area (Å²) in [5.74, 6) is -0.222. The van der Waals surface area contributed by atoms with Gasteiger partial charge in [0, 0.05) is 26.5 Å². The Morgan fingerprint density at radius 2 is 1.76 bits per heavy atom. The zero-order chi connectivity index (χ0) is 23.9. The van der Waals surface area contributed by atoms with Crippen LogP contribution in [0.4, 0.5) is 10.8 Å². The number of hydrogen-bond acceptors (Lipinski definition) is 5. The highest BCUT2D eigenvalue weighted by molar-refractivity contribution is 8.00. The molecular weight excluding hydrogens is 486 g/mol. The molecular formula is C26H22ClN3O2S2. The van der Waals surface area contributed by atoms with Crippen LogP contribution >= 0.6 is 34.7 Å². The molecule has 0 aliphatic rings. The van der Waals surface area contributed by atoms with Crippen molar-refractivity contribution in [2.24, 2.45) is 0 Å². The average Bonchev–Trinajstić information content (AvgIpc) is 3.28. The molecule has 0 radical (unpaired) electrons. The first kappa shape index (κ1) is 24.0. The minimum Gasteiger partial charge on any atom is -0.326 e. The molecule has 0 spiro atoms. The molecule has 4 rings (SSSR count). The summed E-state index contributed by atoms with van der Waals surface area (Å²) in [6.45, 7) is 1.84. The van der Waals surface area contributed by atoms with Gasteiger partial charge in [0.25, 0.3) is 0 Å². The van der Waals surface area contributed by atoms with E-state index in [1.54, 1.807) is 0 Å². The van der Waals surface area contributed by atoms with Gasteiger partial charge < -0.3 is 10.6 Å². The van der Waals surface area contributed by atoms with Crippen molar-refractivity contribution < 1.29 is 9.59 Å². The van der Waals surface area contributed by atoms with Gasteiger partial charge in [-0.15, -0.1) is 23.1 Å². The monoisotopic (exact) mass is 507 g/mol. The van der Waals surface area contributed by atoms with E-state index in [2.05, 4.69) is 15.6 Å². The van der Waals surface area contributed by atoms with Gasteiger partial charge in [-0.25, -0.2) is 4.98 Å². The molecule has 0 bridgehead atoms. The number of nitrogens with one attached hydrogen (secondary N) is 2. The molecule has 0 saturated heterocycles. The number of benzene rings is 3. The maximum Gasteiger partial charge on any atom is 0.239 e. The highest BCUT2D eigenvalue weighted by atomic mass is 35.5. The predicted molar refractivity (Wildman–Crippen MR) is 142 cm³/mol. The smallest absolute Gasteiger partial charge is 0.239 e. The number of rotatable bonds is 8. The van der Waals surface area contributed by atoms with E-state index in [9.17, 15) is 9.59 Å². The average molecular weight is 508 g/mol. The normalized spacial score (nSPS) is 11.6. The lowest BCUT2D eigenvalue weighted by atomic mass is 10.1. The first-order chi connectivity index (χ1) is 16.5. The predicted octanol–water partition coefficient (Wildman–Crippen LogP) is 6.76. The Morgan fingerprint density at radius 1 is 1.00 bits per heavy atom. The molecule has 5 nitrogen and oxygen atoms in total. The Kier molecular flexibility index (Phi) is 8.00. The number of amides is 2. The number of thioether (sulfide) groups is 1. The van der Waals surface area contributed by atoms with E-state index in [4.69, 9.17) is 11.6 Å². The van der Waals surface area contributed by atoms with E-state index >= 15 is 0 Å². The summed E-state index contributed by atoms with van der Waals surface area (Å²) in [7, 11) is 0. The molecule has 4 aromatic rings. The quantitative estimate of drug-likeness (QED) is 0.258. The van der Waals surface area contributed by atoms with Crippen LogP contribution in [-0.4, -0.2) is 22.0 Å². The fourth-order valence-corrected chi connectivity index (χ4v) is 4.96. The van der Waals surface area contributed by atoms with Gasteiger partial charge in [0.1, 0.15) is 0 Å². The second kappa shape index (κ2) is 11.3. The van der Waals surface area contributed by atoms with Crippen molar-refractivity contribution in [2.75, 3.05) is 10.6 Å². The third-order valence-corrected chi connectivity index (χ3v) is 6.99. The highest BCUT2D eigenvalue weighted by Gasteiger charge is 2.17. The third-order valence-electron chi connectivity index (χ3n) is 4.88. The molecule has 0 aliphatic carbocycles. The molecule has 1 aromatic heterocycles. The van der Waals surface area contributed by atoms with E-state index < -0.39 is 0 Å². The largest absolute Gasteiger partial charge is 0.326 e. The number of aromatic nitrogens is 1. The molecule has 34 heavy (non-hydrogen) atoms. The molecule has 1 unspecified atom stereocenters. The van der Waals surface area contributed by atoms with Crippen LogP contribution < -0.4 is 10.6 Å². The van der Waals surface area contributed by atoms with E-state index in [1.807, 2.05) is 91.2 Å². The van der Waals surface area contributed by atoms with E-state index in [1.165, 1.54) is 23.1 Å². The molecule has 1 heterocycles. The van der Waals surface area contributed by atoms with Gasteiger partial charge in [0.05, 0.1) is 17.4 Å². The van der Waals surface area contributed by atoms with Crippen LogP contribution in [0.2, 0.25) is 5.02 Å². The van der Waals surface area contributed by atoms with Gasteiger partial charge in [-0.2, -0.15) is 0 Å². The van der Waals surface area contributed by atoms with Crippen molar-refractivity contribution in [1.82, 2.24) is 4.98 Å². The van der Waals surface area contributed by atoms with Crippen LogP contribution in [0.3, 0.4) is 0 Å². The topological polar surface area (TPSA) is 71.1 Å². The van der Waals surface area contributed by atoms with Crippen molar-refractivity contribution in [3.05, 3.63) is 94.8 Å². The zero-order valence-corrected chi connectivity index (χ0v) is 20.7. The van der Waals surface area contributed by atoms with Gasteiger partial charge in [0.2, 0.25) is 11.8 Å². The van der Waals surface area contributed by atoms with E-state index in [-0.39, 0.29) is 17.1 Å². The fourth-order valence-electron chi connectivity index (χ4n) is 3.18. The Labute approximate surface area is 211 Å². The van der Waals surface area contributed by atoms with Gasteiger partial charge in [0.15, 0.2) is 5.13 Å². The Hall–Kier alpha value is -3.13. The molecule has 3 aromatic carbocycles. The second-order valence-electron chi connectivity index (χ2n) is 7.53. The molecule has 2 amide bonds. The first-order valence-corrected chi connectivity index (χ1v) is 12.7. The Balaban J connectivity index is 1.32. The SMILES string of the molecule is CC(Sc1cccc(NC(=O)Cc2ccccc2)c1)C(=O)Nc1nc(-c2ccc(Cl)cc2)cs1. The lowest BCUT2D eigenvalue weighted by Gasteiger charge is -2.12. The molecule has 0 saturated carbocycles. The summed E-state index contributed by atoms with van der Waals surface area (Å²) in [6, 6.07) is 24.5. The van der Waals surface area contributed by atoms with Crippen molar-refractivity contribution >= 4 is 57.3 Å². The van der Waals surface area contributed by atoms with Gasteiger partial charge in [-0.1, -0.05) is 60.1 Å². The number of halogens is 1. The maximum atomic E-state index is 12.7. The zero-order valence-electron chi connectivity index (χ0n) is 18.3. The first-order valence-electron chi connectivity index (χ1n) is 10.6. The molecule has 2 N–H and O–H groups in total. The van der Waals surface area contributed by atoms with Crippen LogP contribution in [-0.2, 0) is 16.0 Å². The maximum absolute atomic E-state index is 12.7. The number of carbonyl (C=O) groups excluding carboxylic acids is 2. The number of nitrogens with zero attached hydrogens (tertiary/aromatic N) is 1. The Morgan fingerprint density at radius 3 is 2.53 bits per heavy atom. The molecule has 0 aliphatic heterocycles. The van der Waals surface area contributed by atoms with E-state index in [0.717, 1.165) is 21.7 Å². The lowest BCUT2D eigenvalue weighted by molar-refractivity contribution is -0.116. The summed E-state index contributed by atoms with van der Waals surface area (Å²) >= 11 is 8.74. The minimum absolute atomic E-state index is 0.0839. The molecule has 0 fully saturated rings. The molecule has 172 valence electrons. The van der Waals surface area contributed by atoms with Crippen molar-refractivity contribution in [2.45, 2.75) is 23.5 Å². The summed E-state index contributed by atoms with van der Waals surface area (Å²) in [4.78, 5) is 30.5. The van der Waals surface area contributed by atoms with Crippen LogP contribution in [0.15, 0.2) is 89.1 Å². The summed E-state index contributed by atoms with van der Waals surface area (Å²) < 4.78 is 0. The standard InChI is InChI=1S/C26H22ClN3O2S2/c1-17(25(32)30-26-29-23(16-33-26)19-10-12-20(27)13-11-19)34-22-9-5-8-21(15-22)28-24(31)14-18-6-3-2-4-7-18/h2-13,15-17H,14H2,1H3,(H,28,31)(H,29,30,32). The van der Waals surface area contributed by atoms with Gasteiger partial charge in [-0.05, 0) is 42.8 Å². The van der Waals surface area contributed by atoms with Crippen LogP contribution in [0.5, 0.6) is 0 Å². The van der Waals surface area contributed by atoms with Crippen molar-refractivity contribution in [3.63, 3.8) is 0 Å². The van der Waals surface area contributed by atoms with Crippen molar-refractivity contribution in [3.8, 4) is 11.3 Å². The molecule has 8 heteroatoms. The fraction of sp³-hybridized carbons (Fsp3) is 0.115. The van der Waals surface area contributed by atoms with Crippen LogP contribution in [0.25, 0.3) is 11.3 Å².